The van der Waals surface area contributed by atoms with Crippen molar-refractivity contribution in [2.75, 3.05) is 0 Å². The highest BCUT2D eigenvalue weighted by Gasteiger charge is 2.11. The Labute approximate surface area is 141 Å². The first-order valence-electron chi connectivity index (χ1n) is 6.70. The predicted molar refractivity (Wildman–Crippen MR) is 91.0 cm³/mol. The number of aromatic nitrogens is 1. The second-order valence-electron chi connectivity index (χ2n) is 4.78. The molecule has 0 radical (unpaired) electrons. The summed E-state index contributed by atoms with van der Waals surface area (Å²) < 4.78 is 1.97. The van der Waals surface area contributed by atoms with Crippen molar-refractivity contribution in [2.24, 2.45) is 0 Å². The molecular weight excluding hydrogens is 396 g/mol. The van der Waals surface area contributed by atoms with Gasteiger partial charge in [0, 0.05) is 21.6 Å². The average molecular weight is 412 g/mol. The quantitative estimate of drug-likeness (QED) is 0.791. The number of aryl methyl sites for hydroxylation is 1. The lowest BCUT2D eigenvalue weighted by Crippen LogP contribution is -2.27. The van der Waals surface area contributed by atoms with Crippen molar-refractivity contribution < 1.29 is 4.79 Å². The van der Waals surface area contributed by atoms with Crippen LogP contribution in [-0.4, -0.2) is 10.9 Å². The number of carbonyl (C=O) groups is 1. The van der Waals surface area contributed by atoms with Gasteiger partial charge in [0.05, 0.1) is 11.7 Å². The molecule has 0 aliphatic heterocycles. The summed E-state index contributed by atoms with van der Waals surface area (Å²) in [5, 5.41) is 2.97. The van der Waals surface area contributed by atoms with Crippen LogP contribution in [-0.2, 0) is 11.2 Å². The molecule has 5 heteroatoms. The van der Waals surface area contributed by atoms with E-state index in [1.807, 2.05) is 43.3 Å². The fourth-order valence-corrected chi connectivity index (χ4v) is 2.70. The maximum absolute atomic E-state index is 12.0. The van der Waals surface area contributed by atoms with Crippen LogP contribution >= 0.6 is 31.9 Å². The Balaban J connectivity index is 1.87. The molecule has 1 atom stereocenters. The van der Waals surface area contributed by atoms with E-state index < -0.39 is 0 Å². The van der Waals surface area contributed by atoms with Crippen LogP contribution in [0.15, 0.2) is 51.5 Å². The second-order valence-corrected chi connectivity index (χ2v) is 6.55. The summed E-state index contributed by atoms with van der Waals surface area (Å²) in [6, 6.07) is 11.7. The van der Waals surface area contributed by atoms with Crippen molar-refractivity contribution in [1.82, 2.24) is 10.3 Å². The molecule has 0 fully saturated rings. The van der Waals surface area contributed by atoms with E-state index in [0.29, 0.717) is 12.8 Å². The number of amides is 1. The molecule has 1 aromatic heterocycles. The van der Waals surface area contributed by atoms with Crippen molar-refractivity contribution >= 4 is 37.8 Å². The molecule has 1 N–H and O–H groups in total. The number of rotatable bonds is 5. The molecule has 1 amide bonds. The lowest BCUT2D eigenvalue weighted by molar-refractivity contribution is -0.121. The van der Waals surface area contributed by atoms with Gasteiger partial charge >= 0.3 is 0 Å². The van der Waals surface area contributed by atoms with Gasteiger partial charge in [-0.15, -0.1) is 0 Å². The molecule has 21 heavy (non-hydrogen) atoms. The van der Waals surface area contributed by atoms with E-state index >= 15 is 0 Å². The average Bonchev–Trinajstić information content (AvgIpc) is 2.47. The van der Waals surface area contributed by atoms with Crippen molar-refractivity contribution in [1.29, 1.82) is 0 Å². The van der Waals surface area contributed by atoms with E-state index in [-0.39, 0.29) is 11.9 Å². The van der Waals surface area contributed by atoms with Gasteiger partial charge < -0.3 is 5.32 Å². The monoisotopic (exact) mass is 410 g/mol. The molecule has 0 aliphatic rings. The summed E-state index contributed by atoms with van der Waals surface area (Å²) in [7, 11) is 0. The Morgan fingerprint density at radius 3 is 2.67 bits per heavy atom. The van der Waals surface area contributed by atoms with E-state index in [9.17, 15) is 4.79 Å². The van der Waals surface area contributed by atoms with E-state index in [1.165, 1.54) is 0 Å². The van der Waals surface area contributed by atoms with Crippen LogP contribution in [0.5, 0.6) is 0 Å². The first-order chi connectivity index (χ1) is 10.1. The Morgan fingerprint density at radius 1 is 1.24 bits per heavy atom. The number of pyridine rings is 1. The van der Waals surface area contributed by atoms with Crippen LogP contribution in [0.25, 0.3) is 0 Å². The van der Waals surface area contributed by atoms with E-state index in [2.05, 4.69) is 42.2 Å². The fraction of sp³-hybridized carbons (Fsp3) is 0.250. The maximum atomic E-state index is 12.0. The molecule has 1 heterocycles. The van der Waals surface area contributed by atoms with E-state index in [4.69, 9.17) is 0 Å². The van der Waals surface area contributed by atoms with Gasteiger partial charge in [0.15, 0.2) is 0 Å². The van der Waals surface area contributed by atoms with Gasteiger partial charge in [0.1, 0.15) is 0 Å². The third-order valence-electron chi connectivity index (χ3n) is 3.15. The molecule has 2 aromatic rings. The van der Waals surface area contributed by atoms with Crippen LogP contribution in [0.2, 0.25) is 0 Å². The highest BCUT2D eigenvalue weighted by atomic mass is 79.9. The van der Waals surface area contributed by atoms with Gasteiger partial charge in [-0.05, 0) is 53.0 Å². The zero-order valence-electron chi connectivity index (χ0n) is 11.6. The summed E-state index contributed by atoms with van der Waals surface area (Å²) in [6.07, 6.45) is 2.91. The zero-order chi connectivity index (χ0) is 15.2. The Hall–Kier alpha value is -1.20. The standard InChI is InChI=1S/C16H16Br2N2O/c1-11(15-8-7-13(17)10-19-15)20-16(21)9-6-12-4-2-3-5-14(12)18/h2-5,7-8,10-11H,6,9H2,1H3,(H,20,21). The number of halogens is 2. The minimum Gasteiger partial charge on any atom is -0.348 e. The highest BCUT2D eigenvalue weighted by molar-refractivity contribution is 9.10. The maximum Gasteiger partial charge on any atom is 0.220 e. The molecule has 0 aliphatic carbocycles. The molecule has 1 aromatic carbocycles. The van der Waals surface area contributed by atoms with Crippen LogP contribution in [0, 0.1) is 0 Å². The summed E-state index contributed by atoms with van der Waals surface area (Å²) in [5.41, 5.74) is 1.99. The molecule has 1 unspecified atom stereocenters. The molecule has 2 rings (SSSR count). The Bertz CT molecular complexity index is 614. The van der Waals surface area contributed by atoms with Crippen molar-refractivity contribution in [3.63, 3.8) is 0 Å². The number of nitrogens with one attached hydrogen (secondary N) is 1. The summed E-state index contributed by atoms with van der Waals surface area (Å²) in [5.74, 6) is 0.0305. The highest BCUT2D eigenvalue weighted by Crippen LogP contribution is 2.18. The fourth-order valence-electron chi connectivity index (χ4n) is 1.98. The molecule has 0 bridgehead atoms. The molecule has 0 spiro atoms. The lowest BCUT2D eigenvalue weighted by Gasteiger charge is -2.13. The van der Waals surface area contributed by atoms with Gasteiger partial charge in [-0.3, -0.25) is 9.78 Å². The van der Waals surface area contributed by atoms with E-state index in [1.54, 1.807) is 6.20 Å². The van der Waals surface area contributed by atoms with Gasteiger partial charge in [-0.1, -0.05) is 34.1 Å². The van der Waals surface area contributed by atoms with Crippen molar-refractivity contribution in [3.8, 4) is 0 Å². The van der Waals surface area contributed by atoms with Gasteiger partial charge in [0.2, 0.25) is 5.91 Å². The lowest BCUT2D eigenvalue weighted by atomic mass is 10.1. The first kappa shape index (κ1) is 16.2. The summed E-state index contributed by atoms with van der Waals surface area (Å²) in [6.45, 7) is 1.94. The Kier molecular flexibility index (Phi) is 5.94. The minimum atomic E-state index is -0.0928. The number of benzene rings is 1. The summed E-state index contributed by atoms with van der Waals surface area (Å²) in [4.78, 5) is 16.3. The van der Waals surface area contributed by atoms with Crippen LogP contribution in [0.1, 0.15) is 30.6 Å². The van der Waals surface area contributed by atoms with E-state index in [0.717, 1.165) is 20.2 Å². The zero-order valence-corrected chi connectivity index (χ0v) is 14.8. The molecule has 0 saturated carbocycles. The van der Waals surface area contributed by atoms with Crippen LogP contribution < -0.4 is 5.32 Å². The van der Waals surface area contributed by atoms with Crippen LogP contribution in [0.4, 0.5) is 0 Å². The van der Waals surface area contributed by atoms with Gasteiger partial charge in [-0.2, -0.15) is 0 Å². The smallest absolute Gasteiger partial charge is 0.220 e. The molecule has 3 nitrogen and oxygen atoms in total. The molecule has 0 saturated heterocycles. The minimum absolute atomic E-state index is 0.0305. The number of nitrogens with zero attached hydrogens (tertiary/aromatic N) is 1. The molecular formula is C16H16Br2N2O. The number of carbonyl (C=O) groups excluding carboxylic acids is 1. The third-order valence-corrected chi connectivity index (χ3v) is 4.39. The predicted octanol–water partition coefficient (Wildman–Crippen LogP) is 4.42. The normalized spacial score (nSPS) is 12.0. The largest absolute Gasteiger partial charge is 0.348 e. The number of hydrogen-bond acceptors (Lipinski definition) is 2. The van der Waals surface area contributed by atoms with Gasteiger partial charge in [0.25, 0.3) is 0 Å². The third kappa shape index (κ3) is 4.93. The summed E-state index contributed by atoms with van der Waals surface area (Å²) >= 11 is 6.84. The first-order valence-corrected chi connectivity index (χ1v) is 8.29. The Morgan fingerprint density at radius 2 is 2.00 bits per heavy atom. The second kappa shape index (κ2) is 7.71. The molecule has 110 valence electrons. The SMILES string of the molecule is CC(NC(=O)CCc1ccccc1Br)c1ccc(Br)cn1. The topological polar surface area (TPSA) is 42.0 Å². The van der Waals surface area contributed by atoms with Crippen molar-refractivity contribution in [2.45, 2.75) is 25.8 Å². The van der Waals surface area contributed by atoms with Gasteiger partial charge in [-0.25, -0.2) is 0 Å². The van der Waals surface area contributed by atoms with Crippen molar-refractivity contribution in [3.05, 3.63) is 62.8 Å². The van der Waals surface area contributed by atoms with Crippen LogP contribution in [0.3, 0.4) is 0 Å². The number of hydrogen-bond donors (Lipinski definition) is 1.